The highest BCUT2D eigenvalue weighted by atomic mass is 16.4. The number of rotatable bonds is 5. The van der Waals surface area contributed by atoms with Gasteiger partial charge in [0, 0.05) is 57.9 Å². The molecule has 1 aliphatic heterocycles. The van der Waals surface area contributed by atoms with Crippen molar-refractivity contribution < 1.29 is 9.90 Å². The van der Waals surface area contributed by atoms with Crippen molar-refractivity contribution in [3.63, 3.8) is 0 Å². The Balaban J connectivity index is 1.58. The Morgan fingerprint density at radius 2 is 1.84 bits per heavy atom. The van der Waals surface area contributed by atoms with Crippen molar-refractivity contribution in [3.8, 4) is 0 Å². The molecule has 0 spiro atoms. The molecule has 0 aliphatic carbocycles. The van der Waals surface area contributed by atoms with Crippen LogP contribution in [0.2, 0.25) is 0 Å². The lowest BCUT2D eigenvalue weighted by molar-refractivity contribution is 0.0693. The van der Waals surface area contributed by atoms with E-state index in [4.69, 9.17) is 0 Å². The number of aromatic nitrogens is 3. The number of carboxylic acid groups (broad SMARTS) is 1. The van der Waals surface area contributed by atoms with E-state index in [-0.39, 0.29) is 5.56 Å². The van der Waals surface area contributed by atoms with Crippen LogP contribution in [0.4, 0.5) is 5.95 Å². The lowest BCUT2D eigenvalue weighted by Gasteiger charge is -2.34. The van der Waals surface area contributed by atoms with E-state index in [2.05, 4.69) is 19.8 Å². The maximum Gasteiger partial charge on any atom is 0.341 e. The van der Waals surface area contributed by atoms with E-state index in [1.54, 1.807) is 37.6 Å². The number of piperazine rings is 1. The second kappa shape index (κ2) is 7.43. The first-order chi connectivity index (χ1) is 12.1. The predicted octanol–water partition coefficient (Wildman–Crippen LogP) is 0.467. The summed E-state index contributed by atoms with van der Waals surface area (Å²) in [6.45, 7) is 6.17. The van der Waals surface area contributed by atoms with Crippen molar-refractivity contribution in [2.24, 2.45) is 0 Å². The second-order valence-corrected chi connectivity index (χ2v) is 6.05. The van der Waals surface area contributed by atoms with Gasteiger partial charge in [-0.2, -0.15) is 0 Å². The highest BCUT2D eigenvalue weighted by molar-refractivity contribution is 5.88. The van der Waals surface area contributed by atoms with E-state index in [0.29, 0.717) is 18.7 Å². The molecule has 3 rings (SSSR count). The van der Waals surface area contributed by atoms with Crippen LogP contribution in [-0.4, -0.2) is 63.2 Å². The van der Waals surface area contributed by atoms with Gasteiger partial charge in [-0.15, -0.1) is 0 Å². The summed E-state index contributed by atoms with van der Waals surface area (Å²) in [6.07, 6.45) is 5.13. The Hall–Kier alpha value is -2.74. The van der Waals surface area contributed by atoms with Crippen LogP contribution in [0.1, 0.15) is 15.9 Å². The monoisotopic (exact) mass is 343 g/mol. The third-order valence-corrected chi connectivity index (χ3v) is 4.45. The summed E-state index contributed by atoms with van der Waals surface area (Å²) in [5.41, 5.74) is -0.0948. The Labute approximate surface area is 145 Å². The lowest BCUT2D eigenvalue weighted by Crippen LogP contribution is -2.48. The summed E-state index contributed by atoms with van der Waals surface area (Å²) < 4.78 is 1.48. The number of carboxylic acids is 1. The summed E-state index contributed by atoms with van der Waals surface area (Å²) in [7, 11) is 0. The Morgan fingerprint density at radius 1 is 1.16 bits per heavy atom. The highest BCUT2D eigenvalue weighted by Gasteiger charge is 2.19. The molecule has 1 saturated heterocycles. The van der Waals surface area contributed by atoms with Gasteiger partial charge in [-0.1, -0.05) is 0 Å². The van der Waals surface area contributed by atoms with Gasteiger partial charge >= 0.3 is 5.97 Å². The van der Waals surface area contributed by atoms with E-state index in [9.17, 15) is 14.7 Å². The van der Waals surface area contributed by atoms with Gasteiger partial charge in [0.2, 0.25) is 5.95 Å². The normalized spacial score (nSPS) is 15.3. The third kappa shape index (κ3) is 3.85. The van der Waals surface area contributed by atoms with E-state index < -0.39 is 11.5 Å². The number of hydrogen-bond acceptors (Lipinski definition) is 6. The van der Waals surface area contributed by atoms with Crippen molar-refractivity contribution >= 4 is 11.9 Å². The topological polar surface area (TPSA) is 91.6 Å². The zero-order valence-electron chi connectivity index (χ0n) is 14.1. The quantitative estimate of drug-likeness (QED) is 0.843. The van der Waals surface area contributed by atoms with Crippen molar-refractivity contribution in [2.45, 2.75) is 13.5 Å². The standard InChI is InChI=1S/C17H21N5O3/c1-13-3-6-21(15(23)14(13)16(24)25)10-7-20-8-11-22(12-9-20)17-18-4-2-5-19-17/h2-6H,7-12H2,1H3,(H,24,25). The first-order valence-corrected chi connectivity index (χ1v) is 8.24. The fourth-order valence-electron chi connectivity index (χ4n) is 2.98. The van der Waals surface area contributed by atoms with Crippen LogP contribution in [0.25, 0.3) is 0 Å². The van der Waals surface area contributed by atoms with Crippen LogP contribution in [0.5, 0.6) is 0 Å². The SMILES string of the molecule is Cc1ccn(CCN2CCN(c3ncccn3)CC2)c(=O)c1C(=O)O. The smallest absolute Gasteiger partial charge is 0.341 e. The van der Waals surface area contributed by atoms with Crippen LogP contribution < -0.4 is 10.5 Å². The van der Waals surface area contributed by atoms with Gasteiger partial charge in [0.15, 0.2) is 0 Å². The molecule has 1 N–H and O–H groups in total. The van der Waals surface area contributed by atoms with E-state index in [1.807, 2.05) is 0 Å². The second-order valence-electron chi connectivity index (χ2n) is 6.05. The summed E-state index contributed by atoms with van der Waals surface area (Å²) in [4.78, 5) is 36.4. The molecule has 0 unspecified atom stereocenters. The molecule has 0 amide bonds. The van der Waals surface area contributed by atoms with Crippen molar-refractivity contribution in [2.75, 3.05) is 37.6 Å². The number of aryl methyl sites for hydroxylation is 1. The third-order valence-electron chi connectivity index (χ3n) is 4.45. The van der Waals surface area contributed by atoms with Crippen LogP contribution >= 0.6 is 0 Å². The van der Waals surface area contributed by atoms with Gasteiger partial charge in [0.25, 0.3) is 5.56 Å². The molecule has 2 aromatic rings. The number of hydrogen-bond donors (Lipinski definition) is 1. The maximum atomic E-state index is 12.3. The minimum Gasteiger partial charge on any atom is -0.477 e. The first-order valence-electron chi connectivity index (χ1n) is 8.24. The molecule has 2 aromatic heterocycles. The molecule has 0 radical (unpaired) electrons. The molecule has 0 atom stereocenters. The zero-order valence-corrected chi connectivity index (χ0v) is 14.1. The molecule has 8 nitrogen and oxygen atoms in total. The molecule has 132 valence electrons. The minimum absolute atomic E-state index is 0.145. The van der Waals surface area contributed by atoms with Crippen molar-refractivity contribution in [1.29, 1.82) is 0 Å². The predicted molar refractivity (Wildman–Crippen MR) is 93.1 cm³/mol. The van der Waals surface area contributed by atoms with Gasteiger partial charge in [-0.05, 0) is 24.6 Å². The number of anilines is 1. The van der Waals surface area contributed by atoms with Crippen LogP contribution in [0, 0.1) is 6.92 Å². The van der Waals surface area contributed by atoms with Gasteiger partial charge < -0.3 is 14.6 Å². The van der Waals surface area contributed by atoms with Gasteiger partial charge in [-0.3, -0.25) is 9.69 Å². The molecule has 8 heteroatoms. The highest BCUT2D eigenvalue weighted by Crippen LogP contribution is 2.09. The largest absolute Gasteiger partial charge is 0.477 e. The molecule has 1 fully saturated rings. The average Bonchev–Trinajstić information content (AvgIpc) is 2.62. The molecule has 1 aliphatic rings. The molecule has 3 heterocycles. The molecular weight excluding hydrogens is 322 g/mol. The number of carbonyl (C=O) groups is 1. The lowest BCUT2D eigenvalue weighted by atomic mass is 10.1. The first kappa shape index (κ1) is 17.1. The minimum atomic E-state index is -1.17. The van der Waals surface area contributed by atoms with Crippen LogP contribution in [0.3, 0.4) is 0 Å². The Kier molecular flexibility index (Phi) is 5.08. The Bertz CT molecular complexity index is 798. The number of aromatic carboxylic acids is 1. The molecule has 25 heavy (non-hydrogen) atoms. The fourth-order valence-corrected chi connectivity index (χ4v) is 2.98. The molecular formula is C17H21N5O3. The van der Waals surface area contributed by atoms with E-state index in [1.165, 1.54) is 4.57 Å². The Morgan fingerprint density at radius 3 is 2.48 bits per heavy atom. The summed E-state index contributed by atoms with van der Waals surface area (Å²) >= 11 is 0. The van der Waals surface area contributed by atoms with Gasteiger partial charge in [-0.25, -0.2) is 14.8 Å². The fraction of sp³-hybridized carbons (Fsp3) is 0.412. The molecule has 0 bridgehead atoms. The number of pyridine rings is 1. The van der Waals surface area contributed by atoms with Crippen LogP contribution in [0.15, 0.2) is 35.5 Å². The van der Waals surface area contributed by atoms with Crippen molar-refractivity contribution in [1.82, 2.24) is 19.4 Å². The van der Waals surface area contributed by atoms with Crippen LogP contribution in [-0.2, 0) is 6.54 Å². The van der Waals surface area contributed by atoms with Gasteiger partial charge in [0.1, 0.15) is 5.56 Å². The summed E-state index contributed by atoms with van der Waals surface area (Å²) in [5.74, 6) is -0.434. The van der Waals surface area contributed by atoms with Gasteiger partial charge in [0.05, 0.1) is 0 Å². The van der Waals surface area contributed by atoms with E-state index >= 15 is 0 Å². The van der Waals surface area contributed by atoms with Crippen molar-refractivity contribution in [3.05, 3.63) is 52.2 Å². The average molecular weight is 343 g/mol. The van der Waals surface area contributed by atoms with E-state index in [0.717, 1.165) is 32.1 Å². The number of nitrogens with zero attached hydrogens (tertiary/aromatic N) is 5. The zero-order chi connectivity index (χ0) is 17.8. The summed E-state index contributed by atoms with van der Waals surface area (Å²) in [6, 6.07) is 3.47. The molecule has 0 aromatic carbocycles. The maximum absolute atomic E-state index is 12.3. The summed E-state index contributed by atoms with van der Waals surface area (Å²) in [5, 5.41) is 9.18. The molecule has 0 saturated carbocycles.